The second-order valence-electron chi connectivity index (χ2n) is 5.29. The van der Waals surface area contributed by atoms with Crippen LogP contribution in [0, 0.1) is 0 Å². The van der Waals surface area contributed by atoms with Gasteiger partial charge in [0.1, 0.15) is 0 Å². The minimum absolute atomic E-state index is 0.0266. The second kappa shape index (κ2) is 6.34. The summed E-state index contributed by atoms with van der Waals surface area (Å²) in [6.45, 7) is 0.194. The number of hydrogen-bond acceptors (Lipinski definition) is 4. The first-order valence-electron chi connectivity index (χ1n) is 7.22. The van der Waals surface area contributed by atoms with Gasteiger partial charge in [0, 0.05) is 24.7 Å². The quantitative estimate of drug-likeness (QED) is 0.802. The molecule has 0 saturated heterocycles. The lowest BCUT2D eigenvalue weighted by Gasteiger charge is -2.17. The van der Waals surface area contributed by atoms with Crippen molar-refractivity contribution in [2.75, 3.05) is 5.32 Å². The van der Waals surface area contributed by atoms with Crippen molar-refractivity contribution in [3.63, 3.8) is 0 Å². The Morgan fingerprint density at radius 2 is 2.04 bits per heavy atom. The van der Waals surface area contributed by atoms with E-state index in [9.17, 15) is 18.0 Å². The average molecular weight is 337 g/mol. The van der Waals surface area contributed by atoms with Crippen LogP contribution in [-0.4, -0.2) is 21.8 Å². The molecule has 0 spiro atoms. The Kier molecular flexibility index (Phi) is 4.24. The van der Waals surface area contributed by atoms with E-state index in [-0.39, 0.29) is 24.6 Å². The highest BCUT2D eigenvalue weighted by molar-refractivity contribution is 6.04. The van der Waals surface area contributed by atoms with Gasteiger partial charge in [0.2, 0.25) is 5.91 Å². The normalized spacial score (nSPS) is 15.0. The molecule has 9 heteroatoms. The van der Waals surface area contributed by atoms with Crippen LogP contribution in [0.2, 0.25) is 0 Å². The van der Waals surface area contributed by atoms with Crippen molar-refractivity contribution in [3.8, 4) is 0 Å². The summed E-state index contributed by atoms with van der Waals surface area (Å²) in [6.07, 6.45) is -2.46. The number of nitrogens with one attached hydrogen (secondary N) is 3. The molecule has 1 amide bonds. The number of benzene rings is 1. The number of aromatic nitrogens is 2. The van der Waals surface area contributed by atoms with Crippen molar-refractivity contribution >= 4 is 17.3 Å². The van der Waals surface area contributed by atoms with Crippen LogP contribution >= 0.6 is 0 Å². The van der Waals surface area contributed by atoms with E-state index in [1.807, 2.05) is 0 Å². The number of aromatic amines is 1. The number of H-pyrrole nitrogens is 1. The van der Waals surface area contributed by atoms with Gasteiger partial charge < -0.3 is 5.32 Å². The first-order valence-corrected chi connectivity index (χ1v) is 7.22. The molecule has 0 fully saturated rings. The summed E-state index contributed by atoms with van der Waals surface area (Å²) in [7, 11) is 0. The van der Waals surface area contributed by atoms with E-state index in [1.54, 1.807) is 12.1 Å². The zero-order valence-electron chi connectivity index (χ0n) is 12.4. The van der Waals surface area contributed by atoms with Crippen LogP contribution in [-0.2, 0) is 17.5 Å². The molecule has 24 heavy (non-hydrogen) atoms. The molecule has 6 nitrogen and oxygen atoms in total. The van der Waals surface area contributed by atoms with Crippen LogP contribution in [0.5, 0.6) is 0 Å². The number of carbonyl (C=O) groups excluding carboxylic acids is 1. The molecule has 126 valence electrons. The average Bonchev–Trinajstić information content (AvgIpc) is 3.06. The van der Waals surface area contributed by atoms with Gasteiger partial charge in [-0.25, -0.2) is 5.43 Å². The lowest BCUT2D eigenvalue weighted by Crippen LogP contribution is -2.26. The monoisotopic (exact) mass is 337 g/mol. The maximum Gasteiger partial charge on any atom is 0.418 e. The van der Waals surface area contributed by atoms with Crippen molar-refractivity contribution in [2.24, 2.45) is 5.10 Å². The summed E-state index contributed by atoms with van der Waals surface area (Å²) in [4.78, 5) is 11.1. The SMILES string of the molecule is O=C1CCC(c2ccc(NCc3ccn[nH]3)c(C(F)(F)F)c2)=NN1. The third-order valence-corrected chi connectivity index (χ3v) is 3.59. The molecular formula is C15H14F3N5O. The highest BCUT2D eigenvalue weighted by Gasteiger charge is 2.34. The summed E-state index contributed by atoms with van der Waals surface area (Å²) < 4.78 is 40.1. The van der Waals surface area contributed by atoms with Gasteiger partial charge in [0.25, 0.3) is 0 Å². The van der Waals surface area contributed by atoms with Gasteiger partial charge in [0.15, 0.2) is 0 Å². The molecular weight excluding hydrogens is 323 g/mol. The fourth-order valence-electron chi connectivity index (χ4n) is 2.37. The van der Waals surface area contributed by atoms with Crippen molar-refractivity contribution < 1.29 is 18.0 Å². The largest absolute Gasteiger partial charge is 0.418 e. The third kappa shape index (κ3) is 3.55. The smallest absolute Gasteiger partial charge is 0.379 e. The van der Waals surface area contributed by atoms with E-state index in [2.05, 4.69) is 26.0 Å². The Bertz CT molecular complexity index is 768. The highest BCUT2D eigenvalue weighted by Crippen LogP contribution is 2.36. The maximum atomic E-state index is 13.4. The lowest BCUT2D eigenvalue weighted by molar-refractivity contribution is -0.137. The molecule has 1 aliphatic heterocycles. The van der Waals surface area contributed by atoms with Crippen molar-refractivity contribution in [3.05, 3.63) is 47.3 Å². The first kappa shape index (κ1) is 16.0. The van der Waals surface area contributed by atoms with Gasteiger partial charge in [-0.05, 0) is 23.8 Å². The number of hydrazone groups is 1. The second-order valence-corrected chi connectivity index (χ2v) is 5.29. The zero-order chi connectivity index (χ0) is 17.2. The molecule has 0 atom stereocenters. The van der Waals surface area contributed by atoms with E-state index >= 15 is 0 Å². The molecule has 1 aliphatic rings. The zero-order valence-corrected chi connectivity index (χ0v) is 12.4. The Hall–Kier alpha value is -2.84. The molecule has 1 aromatic carbocycles. The van der Waals surface area contributed by atoms with Gasteiger partial charge in [-0.2, -0.15) is 23.4 Å². The number of anilines is 1. The molecule has 0 aliphatic carbocycles. The summed E-state index contributed by atoms with van der Waals surface area (Å²) in [5.74, 6) is -0.243. The van der Waals surface area contributed by atoms with E-state index in [1.165, 1.54) is 12.3 Å². The fraction of sp³-hybridized carbons (Fsp3) is 0.267. The molecule has 0 saturated carbocycles. The van der Waals surface area contributed by atoms with E-state index in [4.69, 9.17) is 0 Å². The summed E-state index contributed by atoms with van der Waals surface area (Å²) >= 11 is 0. The standard InChI is InChI=1S/C15H14F3N5O/c16-15(17,18)11-7-9(12-3-4-14(24)23-22-12)1-2-13(11)19-8-10-5-6-20-21-10/h1-2,5-7,19H,3-4,8H2,(H,20,21)(H,23,24). The van der Waals surface area contributed by atoms with Crippen LogP contribution in [0.1, 0.15) is 29.7 Å². The van der Waals surface area contributed by atoms with Gasteiger partial charge in [-0.1, -0.05) is 6.07 Å². The molecule has 0 unspecified atom stereocenters. The fourth-order valence-corrected chi connectivity index (χ4v) is 2.37. The van der Waals surface area contributed by atoms with Crippen molar-refractivity contribution in [2.45, 2.75) is 25.6 Å². The predicted molar refractivity (Wildman–Crippen MR) is 81.3 cm³/mol. The van der Waals surface area contributed by atoms with Crippen molar-refractivity contribution in [1.82, 2.24) is 15.6 Å². The van der Waals surface area contributed by atoms with Gasteiger partial charge >= 0.3 is 6.18 Å². The molecule has 0 radical (unpaired) electrons. The van der Waals surface area contributed by atoms with Crippen LogP contribution in [0.25, 0.3) is 0 Å². The van der Waals surface area contributed by atoms with Gasteiger partial charge in [-0.15, -0.1) is 0 Å². The number of amides is 1. The topological polar surface area (TPSA) is 82.2 Å². The summed E-state index contributed by atoms with van der Waals surface area (Å²) in [5.41, 5.74) is 2.93. The van der Waals surface area contributed by atoms with Crippen LogP contribution in [0.4, 0.5) is 18.9 Å². The van der Waals surface area contributed by atoms with Gasteiger partial charge in [-0.3, -0.25) is 9.89 Å². The van der Waals surface area contributed by atoms with Crippen LogP contribution in [0.3, 0.4) is 0 Å². The van der Waals surface area contributed by atoms with E-state index < -0.39 is 11.7 Å². The Labute approximate surface area is 135 Å². The number of halogens is 3. The minimum atomic E-state index is -4.51. The molecule has 2 aromatic rings. The van der Waals surface area contributed by atoms with Crippen LogP contribution < -0.4 is 10.7 Å². The molecule has 2 heterocycles. The van der Waals surface area contributed by atoms with E-state index in [0.29, 0.717) is 23.4 Å². The molecule has 3 N–H and O–H groups in total. The third-order valence-electron chi connectivity index (χ3n) is 3.59. The number of rotatable bonds is 4. The Balaban J connectivity index is 1.88. The number of alkyl halides is 3. The lowest BCUT2D eigenvalue weighted by atomic mass is 10.0. The summed E-state index contributed by atoms with van der Waals surface area (Å²) in [5, 5.41) is 13.0. The van der Waals surface area contributed by atoms with E-state index in [0.717, 1.165) is 6.07 Å². The van der Waals surface area contributed by atoms with Crippen LogP contribution in [0.15, 0.2) is 35.6 Å². The first-order chi connectivity index (χ1) is 11.4. The number of nitrogens with zero attached hydrogens (tertiary/aromatic N) is 2. The summed E-state index contributed by atoms with van der Waals surface area (Å²) in [6, 6.07) is 5.65. The number of hydrogen-bond donors (Lipinski definition) is 3. The molecule has 3 rings (SSSR count). The molecule has 1 aromatic heterocycles. The molecule has 0 bridgehead atoms. The Morgan fingerprint density at radius 3 is 2.67 bits per heavy atom. The van der Waals surface area contributed by atoms with Gasteiger partial charge in [0.05, 0.1) is 23.5 Å². The Morgan fingerprint density at radius 1 is 1.21 bits per heavy atom. The highest BCUT2D eigenvalue weighted by atomic mass is 19.4. The number of carbonyl (C=O) groups is 1. The maximum absolute atomic E-state index is 13.4. The predicted octanol–water partition coefficient (Wildman–Crippen LogP) is 2.65. The minimum Gasteiger partial charge on any atom is -0.379 e. The van der Waals surface area contributed by atoms with Crippen molar-refractivity contribution in [1.29, 1.82) is 0 Å².